The highest BCUT2D eigenvalue weighted by Crippen LogP contribution is 2.26. The van der Waals surface area contributed by atoms with E-state index < -0.39 is 0 Å². The van der Waals surface area contributed by atoms with Crippen molar-refractivity contribution in [1.82, 2.24) is 14.9 Å². The first kappa shape index (κ1) is 23.6. The van der Waals surface area contributed by atoms with E-state index in [4.69, 9.17) is 9.72 Å². The first-order valence-electron chi connectivity index (χ1n) is 12.0. The predicted octanol–water partition coefficient (Wildman–Crippen LogP) is 6.05. The van der Waals surface area contributed by atoms with Gasteiger partial charge in [-0.1, -0.05) is 74.5 Å². The molecular formula is C29H33N3O2. The number of rotatable bonds is 10. The maximum absolute atomic E-state index is 12.7. The van der Waals surface area contributed by atoms with Gasteiger partial charge in [-0.25, -0.2) is 4.98 Å². The molecule has 176 valence electrons. The zero-order valence-electron chi connectivity index (χ0n) is 20.2. The Morgan fingerprint density at radius 1 is 0.941 bits per heavy atom. The van der Waals surface area contributed by atoms with Gasteiger partial charge in [0.15, 0.2) is 0 Å². The van der Waals surface area contributed by atoms with Crippen molar-refractivity contribution in [3.63, 3.8) is 0 Å². The van der Waals surface area contributed by atoms with Crippen LogP contribution in [0.3, 0.4) is 0 Å². The number of nitrogens with zero attached hydrogens (tertiary/aromatic N) is 2. The van der Waals surface area contributed by atoms with Crippen molar-refractivity contribution in [3.8, 4) is 5.75 Å². The van der Waals surface area contributed by atoms with Gasteiger partial charge in [0.05, 0.1) is 30.1 Å². The minimum atomic E-state index is -0.203. The molecule has 5 heteroatoms. The first-order chi connectivity index (χ1) is 16.5. The smallest absolute Gasteiger partial charge is 0.224 e. The van der Waals surface area contributed by atoms with E-state index >= 15 is 0 Å². The third kappa shape index (κ3) is 5.66. The summed E-state index contributed by atoms with van der Waals surface area (Å²) in [5.74, 6) is 2.23. The largest absolute Gasteiger partial charge is 0.493 e. The van der Waals surface area contributed by atoms with Crippen molar-refractivity contribution in [2.45, 2.75) is 52.1 Å². The highest BCUT2D eigenvalue weighted by atomic mass is 16.5. The van der Waals surface area contributed by atoms with Crippen LogP contribution in [0.1, 0.15) is 56.1 Å². The lowest BCUT2D eigenvalue weighted by Gasteiger charge is -2.17. The Hall–Kier alpha value is -3.60. The van der Waals surface area contributed by atoms with E-state index in [2.05, 4.69) is 41.9 Å². The Balaban J connectivity index is 1.44. The zero-order valence-corrected chi connectivity index (χ0v) is 20.2. The second kappa shape index (κ2) is 11.0. The number of carbonyl (C=O) groups is 1. The third-order valence-corrected chi connectivity index (χ3v) is 5.98. The van der Waals surface area contributed by atoms with Gasteiger partial charge in [0.2, 0.25) is 5.91 Å². The van der Waals surface area contributed by atoms with Gasteiger partial charge < -0.3 is 14.6 Å². The number of amides is 1. The minimum absolute atomic E-state index is 0.00840. The topological polar surface area (TPSA) is 56.1 Å². The quantitative estimate of drug-likeness (QED) is 0.296. The lowest BCUT2D eigenvalue weighted by Crippen LogP contribution is -2.30. The lowest BCUT2D eigenvalue weighted by atomic mass is 10.0. The van der Waals surface area contributed by atoms with Crippen LogP contribution < -0.4 is 10.1 Å². The number of hydrogen-bond acceptors (Lipinski definition) is 3. The van der Waals surface area contributed by atoms with Crippen molar-refractivity contribution in [3.05, 3.63) is 95.8 Å². The monoisotopic (exact) mass is 455 g/mol. The second-order valence-corrected chi connectivity index (χ2v) is 8.96. The molecule has 0 radical (unpaired) electrons. The predicted molar refractivity (Wildman–Crippen MR) is 137 cm³/mol. The van der Waals surface area contributed by atoms with Crippen molar-refractivity contribution in [1.29, 1.82) is 0 Å². The number of nitrogens with one attached hydrogen (secondary N) is 1. The van der Waals surface area contributed by atoms with E-state index in [0.717, 1.165) is 41.1 Å². The Labute approximate surface area is 201 Å². The van der Waals surface area contributed by atoms with Crippen molar-refractivity contribution >= 4 is 16.9 Å². The summed E-state index contributed by atoms with van der Waals surface area (Å²) in [6.07, 6.45) is 1.19. The Morgan fingerprint density at radius 2 is 1.65 bits per heavy atom. The molecule has 0 saturated carbocycles. The summed E-state index contributed by atoms with van der Waals surface area (Å²) in [4.78, 5) is 17.5. The summed E-state index contributed by atoms with van der Waals surface area (Å²) < 4.78 is 8.35. The molecule has 3 aromatic carbocycles. The molecule has 1 atom stereocenters. The molecule has 0 spiro atoms. The molecule has 0 aliphatic rings. The van der Waals surface area contributed by atoms with E-state index in [9.17, 15) is 4.79 Å². The lowest BCUT2D eigenvalue weighted by molar-refractivity contribution is -0.121. The number of imidazole rings is 1. The summed E-state index contributed by atoms with van der Waals surface area (Å²) in [5.41, 5.74) is 4.24. The molecule has 0 aliphatic carbocycles. The molecule has 4 rings (SSSR count). The van der Waals surface area contributed by atoms with E-state index in [1.54, 1.807) is 0 Å². The van der Waals surface area contributed by atoms with Crippen LogP contribution >= 0.6 is 0 Å². The molecule has 0 aliphatic heterocycles. The molecule has 1 aromatic heterocycles. The maximum Gasteiger partial charge on any atom is 0.224 e. The summed E-state index contributed by atoms with van der Waals surface area (Å²) >= 11 is 0. The normalized spacial score (nSPS) is 12.1. The number of hydrogen-bond donors (Lipinski definition) is 1. The summed E-state index contributed by atoms with van der Waals surface area (Å²) in [6, 6.07) is 26.0. The van der Waals surface area contributed by atoms with Crippen LogP contribution in [0.5, 0.6) is 5.75 Å². The third-order valence-electron chi connectivity index (χ3n) is 5.98. The molecule has 1 amide bonds. The Morgan fingerprint density at radius 3 is 2.44 bits per heavy atom. The number of aromatic nitrogens is 2. The Kier molecular flexibility index (Phi) is 7.63. The summed E-state index contributed by atoms with van der Waals surface area (Å²) in [6.45, 7) is 7.73. The molecule has 34 heavy (non-hydrogen) atoms. The van der Waals surface area contributed by atoms with Crippen LogP contribution in [0.2, 0.25) is 0 Å². The molecule has 0 fully saturated rings. The second-order valence-electron chi connectivity index (χ2n) is 8.96. The average molecular weight is 456 g/mol. The molecule has 1 N–H and O–H groups in total. The van der Waals surface area contributed by atoms with Gasteiger partial charge in [-0.15, -0.1) is 0 Å². The van der Waals surface area contributed by atoms with Crippen LogP contribution in [-0.4, -0.2) is 22.1 Å². The first-order valence-corrected chi connectivity index (χ1v) is 12.0. The van der Waals surface area contributed by atoms with Crippen LogP contribution in [0.25, 0.3) is 11.0 Å². The van der Waals surface area contributed by atoms with Crippen molar-refractivity contribution in [2.75, 3.05) is 6.61 Å². The summed E-state index contributed by atoms with van der Waals surface area (Å²) in [7, 11) is 0. The number of carbonyl (C=O) groups excluding carboxylic acids is 1. The SMILES string of the molecule is CC(C)c1ccccc1OCCCn1c(C(C)NC(=O)Cc2ccccc2)nc2ccccc21. The highest BCUT2D eigenvalue weighted by Gasteiger charge is 2.18. The van der Waals surface area contributed by atoms with Crippen molar-refractivity contribution in [2.24, 2.45) is 0 Å². The standard InChI is InChI=1S/C29H33N3O2/c1-21(2)24-14-7-10-17-27(24)34-19-11-18-32-26-16-9-8-15-25(26)31-29(32)22(3)30-28(33)20-23-12-5-4-6-13-23/h4-10,12-17,21-22H,11,18-20H2,1-3H3,(H,30,33). The van der Waals surface area contributed by atoms with Crippen LogP contribution in [0, 0.1) is 0 Å². The van der Waals surface area contributed by atoms with E-state index in [-0.39, 0.29) is 11.9 Å². The van der Waals surface area contributed by atoms with Gasteiger partial charge in [-0.3, -0.25) is 4.79 Å². The average Bonchev–Trinajstić information content (AvgIpc) is 3.21. The van der Waals surface area contributed by atoms with Gasteiger partial charge >= 0.3 is 0 Å². The van der Waals surface area contributed by atoms with E-state index in [0.29, 0.717) is 18.9 Å². The fourth-order valence-electron chi connectivity index (χ4n) is 4.29. The zero-order chi connectivity index (χ0) is 23.9. The van der Waals surface area contributed by atoms with E-state index in [1.807, 2.05) is 67.6 Å². The summed E-state index contributed by atoms with van der Waals surface area (Å²) in [5, 5.41) is 3.13. The molecule has 0 bridgehead atoms. The van der Waals surface area contributed by atoms with Gasteiger partial charge in [-0.2, -0.15) is 0 Å². The van der Waals surface area contributed by atoms with Crippen molar-refractivity contribution < 1.29 is 9.53 Å². The van der Waals surface area contributed by atoms with Gasteiger partial charge in [0, 0.05) is 6.54 Å². The van der Waals surface area contributed by atoms with Crippen LogP contribution in [0.15, 0.2) is 78.9 Å². The number of ether oxygens (including phenoxy) is 1. The fraction of sp³-hybridized carbons (Fsp3) is 0.310. The van der Waals surface area contributed by atoms with Crippen LogP contribution in [0.4, 0.5) is 0 Å². The fourth-order valence-corrected chi connectivity index (χ4v) is 4.29. The van der Waals surface area contributed by atoms with Crippen LogP contribution in [-0.2, 0) is 17.8 Å². The number of benzene rings is 3. The number of para-hydroxylation sites is 3. The molecule has 4 aromatic rings. The number of fused-ring (bicyclic) bond motifs is 1. The maximum atomic E-state index is 12.7. The molecule has 1 unspecified atom stereocenters. The minimum Gasteiger partial charge on any atom is -0.493 e. The number of aryl methyl sites for hydroxylation is 1. The molecule has 1 heterocycles. The van der Waals surface area contributed by atoms with Gasteiger partial charge in [-0.05, 0) is 48.6 Å². The molecule has 0 saturated heterocycles. The molecule has 5 nitrogen and oxygen atoms in total. The van der Waals surface area contributed by atoms with Gasteiger partial charge in [0.1, 0.15) is 11.6 Å². The van der Waals surface area contributed by atoms with E-state index in [1.165, 1.54) is 5.56 Å². The highest BCUT2D eigenvalue weighted by molar-refractivity contribution is 5.79. The van der Waals surface area contributed by atoms with Gasteiger partial charge in [0.25, 0.3) is 0 Å². The molecular weight excluding hydrogens is 422 g/mol. The Bertz CT molecular complexity index is 1230.